The molecule has 1 unspecified atom stereocenters. The fraction of sp³-hybridized carbons (Fsp3) is 0.409. The van der Waals surface area contributed by atoms with E-state index in [1.165, 1.54) is 13.4 Å². The Morgan fingerprint density at radius 3 is 2.45 bits per heavy atom. The summed E-state index contributed by atoms with van der Waals surface area (Å²) in [4.78, 5) is 20.9. The molecule has 0 bridgehead atoms. The van der Waals surface area contributed by atoms with Gasteiger partial charge in [-0.25, -0.2) is 18.4 Å². The van der Waals surface area contributed by atoms with E-state index < -0.39 is 22.0 Å². The van der Waals surface area contributed by atoms with Crippen LogP contribution in [0.5, 0.6) is 0 Å². The van der Waals surface area contributed by atoms with Gasteiger partial charge in [-0.1, -0.05) is 26.0 Å². The molecule has 0 saturated heterocycles. The Morgan fingerprint density at radius 1 is 1.13 bits per heavy atom. The zero-order chi connectivity index (χ0) is 22.6. The number of carbonyl (C=O) groups excluding carboxylic acids is 1. The summed E-state index contributed by atoms with van der Waals surface area (Å²) >= 11 is 0. The molecule has 0 aromatic heterocycles. The number of hydrogen-bond acceptors (Lipinski definition) is 6. The second-order valence-electron chi connectivity index (χ2n) is 7.82. The van der Waals surface area contributed by atoms with E-state index in [4.69, 9.17) is 4.74 Å². The molecule has 1 aromatic carbocycles. The Kier molecular flexibility index (Phi) is 7.07. The molecule has 8 nitrogen and oxygen atoms in total. The first-order valence-electron chi connectivity index (χ1n) is 10.2. The number of imidazole rings is 1. The summed E-state index contributed by atoms with van der Waals surface area (Å²) in [5, 5.41) is 0. The number of esters is 1. The highest BCUT2D eigenvalue weighted by Gasteiger charge is 2.34. The predicted molar refractivity (Wildman–Crippen MR) is 117 cm³/mol. The van der Waals surface area contributed by atoms with Crippen molar-refractivity contribution in [2.75, 3.05) is 13.7 Å². The van der Waals surface area contributed by atoms with E-state index in [-0.39, 0.29) is 17.4 Å². The molecule has 0 radical (unpaired) electrons. The maximum absolute atomic E-state index is 13.1. The van der Waals surface area contributed by atoms with Gasteiger partial charge in [0, 0.05) is 26.0 Å². The highest BCUT2D eigenvalue weighted by molar-refractivity contribution is 7.89. The molecule has 2 aliphatic heterocycles. The first kappa shape index (κ1) is 22.9. The van der Waals surface area contributed by atoms with E-state index in [2.05, 4.69) is 9.97 Å². The van der Waals surface area contributed by atoms with Crippen LogP contribution < -0.4 is 0 Å². The largest absolute Gasteiger partial charge is 0.465 e. The second kappa shape index (κ2) is 9.57. The van der Waals surface area contributed by atoms with Crippen LogP contribution in [0.2, 0.25) is 0 Å². The standard InChI is InChI=1S/C22H28N4O4S/c1-5-30-22(27)21(12-16(2)3)25(4)31(28,29)18-8-6-17(7-9-18)13-26-11-10-19-20(14-26)24-15-23-19/h6-11,14-16,21H,5,12-13H2,1-4H3. The number of benzene rings is 1. The van der Waals surface area contributed by atoms with Gasteiger partial charge in [-0.2, -0.15) is 4.31 Å². The van der Waals surface area contributed by atoms with Gasteiger partial charge in [0.15, 0.2) is 0 Å². The topological polar surface area (TPSA) is 94.4 Å². The van der Waals surface area contributed by atoms with Crippen molar-refractivity contribution in [3.8, 4) is 11.4 Å². The Morgan fingerprint density at radius 2 is 1.81 bits per heavy atom. The molecule has 2 aliphatic rings. The lowest BCUT2D eigenvalue weighted by atomic mass is 10.0. The van der Waals surface area contributed by atoms with Crippen LogP contribution in [0.1, 0.15) is 32.8 Å². The van der Waals surface area contributed by atoms with Crippen LogP contribution >= 0.6 is 0 Å². The molecule has 0 aliphatic carbocycles. The van der Waals surface area contributed by atoms with Crippen molar-refractivity contribution in [3.05, 3.63) is 54.6 Å². The van der Waals surface area contributed by atoms with Crippen LogP contribution in [-0.2, 0) is 26.1 Å². The number of hydrogen-bond donors (Lipinski definition) is 0. The summed E-state index contributed by atoms with van der Waals surface area (Å²) in [6, 6.07) is 7.71. The molecule has 166 valence electrons. The third kappa shape index (κ3) is 5.29. The minimum atomic E-state index is -3.85. The molecule has 0 spiro atoms. The maximum Gasteiger partial charge on any atom is 0.324 e. The molecule has 31 heavy (non-hydrogen) atoms. The average molecular weight is 445 g/mol. The number of ether oxygens (including phenoxy) is 1. The number of likely N-dealkylation sites (N-methyl/N-ethyl adjacent to an activating group) is 1. The predicted octanol–water partition coefficient (Wildman–Crippen LogP) is 3.03. The van der Waals surface area contributed by atoms with Gasteiger partial charge in [0.2, 0.25) is 10.0 Å². The summed E-state index contributed by atoms with van der Waals surface area (Å²) < 4.78 is 34.5. The van der Waals surface area contributed by atoms with Crippen molar-refractivity contribution in [1.29, 1.82) is 0 Å². The summed E-state index contributed by atoms with van der Waals surface area (Å²) in [6.45, 7) is 6.36. The molecular formula is C22H28N4O4S. The molecular weight excluding hydrogens is 416 g/mol. The molecule has 3 rings (SSSR count). The Labute approximate surface area is 183 Å². The van der Waals surface area contributed by atoms with E-state index in [0.29, 0.717) is 13.0 Å². The van der Waals surface area contributed by atoms with Gasteiger partial charge in [0.1, 0.15) is 18.1 Å². The fourth-order valence-electron chi connectivity index (χ4n) is 3.37. The normalized spacial score (nSPS) is 13.1. The SMILES string of the molecule is CCOC(=O)C(CC(C)C)N(C)S(=O)(=O)c1ccc(Cn2ccc3ncnc-3c2)cc1. The van der Waals surface area contributed by atoms with E-state index in [1.54, 1.807) is 31.2 Å². The van der Waals surface area contributed by atoms with E-state index >= 15 is 0 Å². The maximum atomic E-state index is 13.1. The van der Waals surface area contributed by atoms with Gasteiger partial charge in [0.25, 0.3) is 0 Å². The number of pyridine rings is 1. The van der Waals surface area contributed by atoms with Crippen molar-refractivity contribution in [2.24, 2.45) is 5.92 Å². The van der Waals surface area contributed by atoms with Gasteiger partial charge < -0.3 is 9.30 Å². The lowest BCUT2D eigenvalue weighted by molar-refractivity contribution is -0.147. The number of carbonyl (C=O) groups is 1. The van der Waals surface area contributed by atoms with Gasteiger partial charge in [-0.3, -0.25) is 4.79 Å². The molecule has 0 N–H and O–H groups in total. The van der Waals surface area contributed by atoms with Crippen molar-refractivity contribution >= 4 is 16.0 Å². The third-order valence-corrected chi connectivity index (χ3v) is 6.91. The molecule has 2 heterocycles. The quantitative estimate of drug-likeness (QED) is 0.471. The van der Waals surface area contributed by atoms with Gasteiger partial charge in [0.05, 0.1) is 17.2 Å². The minimum absolute atomic E-state index is 0.135. The van der Waals surface area contributed by atoms with Crippen LogP contribution in [0.4, 0.5) is 0 Å². The van der Waals surface area contributed by atoms with Crippen molar-refractivity contribution in [3.63, 3.8) is 0 Å². The summed E-state index contributed by atoms with van der Waals surface area (Å²) in [5.41, 5.74) is 2.58. The smallest absolute Gasteiger partial charge is 0.324 e. The van der Waals surface area contributed by atoms with Gasteiger partial charge >= 0.3 is 5.97 Å². The average Bonchev–Trinajstić information content (AvgIpc) is 3.20. The molecule has 1 aromatic rings. The van der Waals surface area contributed by atoms with Crippen molar-refractivity contribution < 1.29 is 17.9 Å². The highest BCUT2D eigenvalue weighted by Crippen LogP contribution is 2.22. The Hall–Kier alpha value is -2.78. The first-order valence-corrected chi connectivity index (χ1v) is 11.7. The number of aromatic nitrogens is 3. The van der Waals surface area contributed by atoms with E-state index in [9.17, 15) is 13.2 Å². The molecule has 1 atom stereocenters. The monoisotopic (exact) mass is 444 g/mol. The third-order valence-electron chi connectivity index (χ3n) is 5.03. The minimum Gasteiger partial charge on any atom is -0.465 e. The first-order chi connectivity index (χ1) is 14.7. The van der Waals surface area contributed by atoms with Crippen LogP contribution in [0, 0.1) is 5.92 Å². The zero-order valence-electron chi connectivity index (χ0n) is 18.2. The van der Waals surface area contributed by atoms with Gasteiger partial charge in [-0.15, -0.1) is 0 Å². The van der Waals surface area contributed by atoms with Crippen molar-refractivity contribution in [1.82, 2.24) is 18.8 Å². The van der Waals surface area contributed by atoms with E-state index in [0.717, 1.165) is 21.3 Å². The Balaban J connectivity index is 1.79. The van der Waals surface area contributed by atoms with Gasteiger partial charge in [-0.05, 0) is 43.0 Å². The lowest BCUT2D eigenvalue weighted by Gasteiger charge is -2.27. The Bertz CT molecular complexity index is 1090. The molecule has 0 amide bonds. The van der Waals surface area contributed by atoms with Crippen LogP contribution in [0.25, 0.3) is 11.4 Å². The van der Waals surface area contributed by atoms with Crippen LogP contribution in [0.3, 0.4) is 0 Å². The van der Waals surface area contributed by atoms with Crippen molar-refractivity contribution in [2.45, 2.75) is 44.7 Å². The number of sulfonamides is 1. The molecule has 0 fully saturated rings. The number of nitrogens with zero attached hydrogens (tertiary/aromatic N) is 4. The lowest BCUT2D eigenvalue weighted by Crippen LogP contribution is -2.44. The summed E-state index contributed by atoms with van der Waals surface area (Å²) in [5.74, 6) is -0.391. The molecule has 9 heteroatoms. The van der Waals surface area contributed by atoms with E-state index in [1.807, 2.05) is 36.9 Å². The van der Waals surface area contributed by atoms with Crippen LogP contribution in [0.15, 0.2) is 53.9 Å². The highest BCUT2D eigenvalue weighted by atomic mass is 32.2. The summed E-state index contributed by atoms with van der Waals surface area (Å²) in [6.07, 6.45) is 5.71. The van der Waals surface area contributed by atoms with Crippen LogP contribution in [-0.4, -0.2) is 52.9 Å². The number of rotatable bonds is 9. The molecule has 0 saturated carbocycles. The summed E-state index contributed by atoms with van der Waals surface area (Å²) in [7, 11) is -2.42. The zero-order valence-corrected chi connectivity index (χ0v) is 19.0. The second-order valence-corrected chi connectivity index (χ2v) is 9.82. The fourth-order valence-corrected chi connectivity index (χ4v) is 4.69. The number of fused-ring (bicyclic) bond motifs is 1.